The second kappa shape index (κ2) is 12.2. The molecule has 1 amide bonds. The van der Waals surface area contributed by atoms with Crippen LogP contribution in [0.25, 0.3) is 0 Å². The van der Waals surface area contributed by atoms with E-state index in [-0.39, 0.29) is 11.9 Å². The largest absolute Gasteiger partial charge is 0.490 e. The van der Waals surface area contributed by atoms with Crippen molar-refractivity contribution in [3.8, 4) is 11.5 Å². The Labute approximate surface area is 174 Å². The molecule has 0 spiro atoms. The van der Waals surface area contributed by atoms with Crippen molar-refractivity contribution in [1.82, 2.24) is 15.5 Å². The van der Waals surface area contributed by atoms with Crippen LogP contribution in [0.4, 0.5) is 0 Å². The maximum atomic E-state index is 12.2. The first-order valence-corrected chi connectivity index (χ1v) is 10.8. The number of ether oxygens (including phenoxy) is 2. The number of hydrogen-bond donors (Lipinski definition) is 2. The first kappa shape index (κ1) is 22.8. The Morgan fingerprint density at radius 3 is 2.48 bits per heavy atom. The lowest BCUT2D eigenvalue weighted by atomic mass is 10.1. The molecule has 1 atom stereocenters. The summed E-state index contributed by atoms with van der Waals surface area (Å²) < 4.78 is 11.4. The molecule has 2 N–H and O–H groups in total. The predicted molar refractivity (Wildman–Crippen MR) is 117 cm³/mol. The highest BCUT2D eigenvalue weighted by Crippen LogP contribution is 2.30. The van der Waals surface area contributed by atoms with E-state index in [9.17, 15) is 4.79 Å². The average Bonchev–Trinajstić information content (AvgIpc) is 3.24. The van der Waals surface area contributed by atoms with Crippen molar-refractivity contribution in [2.24, 2.45) is 4.99 Å². The molecule has 162 valence electrons. The lowest BCUT2D eigenvalue weighted by molar-refractivity contribution is -0.129. The number of carbonyl (C=O) groups is 1. The SMILES string of the molecule is CCNC(=NCCC(=O)N1CCCC1)NC(C)c1ccc(OCC)c(OCC)c1. The van der Waals surface area contributed by atoms with Crippen molar-refractivity contribution in [2.45, 2.75) is 53.0 Å². The van der Waals surface area contributed by atoms with E-state index < -0.39 is 0 Å². The third kappa shape index (κ3) is 7.15. The summed E-state index contributed by atoms with van der Waals surface area (Å²) in [7, 11) is 0. The van der Waals surface area contributed by atoms with Gasteiger partial charge in [0, 0.05) is 26.1 Å². The normalized spacial score (nSPS) is 15.2. The maximum absolute atomic E-state index is 12.2. The molecule has 1 aliphatic rings. The zero-order valence-electron chi connectivity index (χ0n) is 18.3. The molecule has 1 fully saturated rings. The molecule has 0 aliphatic carbocycles. The van der Waals surface area contributed by atoms with Gasteiger partial charge < -0.3 is 25.0 Å². The number of amides is 1. The number of nitrogens with one attached hydrogen (secondary N) is 2. The molecule has 1 aromatic carbocycles. The number of guanidine groups is 1. The highest BCUT2D eigenvalue weighted by atomic mass is 16.5. The molecule has 0 radical (unpaired) electrons. The molecule has 1 heterocycles. The fourth-order valence-electron chi connectivity index (χ4n) is 3.33. The molecule has 1 aliphatic heterocycles. The zero-order chi connectivity index (χ0) is 21.1. The first-order chi connectivity index (χ1) is 14.1. The summed E-state index contributed by atoms with van der Waals surface area (Å²) in [6, 6.07) is 6.01. The summed E-state index contributed by atoms with van der Waals surface area (Å²) in [6.07, 6.45) is 2.67. The number of nitrogens with zero attached hydrogens (tertiary/aromatic N) is 2. The van der Waals surface area contributed by atoms with E-state index in [0.29, 0.717) is 32.1 Å². The van der Waals surface area contributed by atoms with Crippen molar-refractivity contribution >= 4 is 11.9 Å². The van der Waals surface area contributed by atoms with Crippen molar-refractivity contribution in [3.63, 3.8) is 0 Å². The summed E-state index contributed by atoms with van der Waals surface area (Å²) in [5.41, 5.74) is 1.08. The molecule has 0 aromatic heterocycles. The minimum Gasteiger partial charge on any atom is -0.490 e. The molecule has 0 saturated carbocycles. The fourth-order valence-corrected chi connectivity index (χ4v) is 3.33. The zero-order valence-corrected chi connectivity index (χ0v) is 18.3. The smallest absolute Gasteiger partial charge is 0.224 e. The molecule has 7 heteroatoms. The van der Waals surface area contributed by atoms with E-state index >= 15 is 0 Å². The van der Waals surface area contributed by atoms with E-state index in [4.69, 9.17) is 9.47 Å². The highest BCUT2D eigenvalue weighted by Gasteiger charge is 2.17. The molecule has 1 saturated heterocycles. The number of carbonyl (C=O) groups excluding carboxylic acids is 1. The van der Waals surface area contributed by atoms with Gasteiger partial charge in [-0.15, -0.1) is 0 Å². The summed E-state index contributed by atoms with van der Waals surface area (Å²) in [5, 5.41) is 6.67. The van der Waals surface area contributed by atoms with Gasteiger partial charge in [-0.25, -0.2) is 0 Å². The van der Waals surface area contributed by atoms with Crippen molar-refractivity contribution < 1.29 is 14.3 Å². The number of benzene rings is 1. The number of rotatable bonds is 10. The van der Waals surface area contributed by atoms with E-state index in [0.717, 1.165) is 49.5 Å². The number of aliphatic imine (C=N–C) groups is 1. The third-order valence-electron chi connectivity index (χ3n) is 4.82. The Morgan fingerprint density at radius 2 is 1.83 bits per heavy atom. The Balaban J connectivity index is 1.99. The third-order valence-corrected chi connectivity index (χ3v) is 4.82. The van der Waals surface area contributed by atoms with E-state index in [2.05, 4.69) is 22.5 Å². The highest BCUT2D eigenvalue weighted by molar-refractivity contribution is 5.81. The minimum absolute atomic E-state index is 0.0250. The summed E-state index contributed by atoms with van der Waals surface area (Å²) in [6.45, 7) is 12.2. The van der Waals surface area contributed by atoms with Gasteiger partial charge in [0.25, 0.3) is 0 Å². The minimum atomic E-state index is 0.0250. The van der Waals surface area contributed by atoms with Crippen LogP contribution in [0.15, 0.2) is 23.2 Å². The molecular formula is C22H36N4O3. The lowest BCUT2D eigenvalue weighted by Crippen LogP contribution is -2.39. The van der Waals surface area contributed by atoms with E-state index in [1.807, 2.05) is 43.9 Å². The van der Waals surface area contributed by atoms with Crippen LogP contribution in [-0.4, -0.2) is 56.2 Å². The quantitative estimate of drug-likeness (QED) is 0.463. The van der Waals surface area contributed by atoms with E-state index in [1.54, 1.807) is 0 Å². The van der Waals surface area contributed by atoms with Crippen LogP contribution in [-0.2, 0) is 4.79 Å². The second-order valence-corrected chi connectivity index (χ2v) is 7.04. The molecule has 1 aromatic rings. The molecule has 7 nitrogen and oxygen atoms in total. The predicted octanol–water partition coefficient (Wildman–Crippen LogP) is 3.11. The van der Waals surface area contributed by atoms with Gasteiger partial charge in [0.1, 0.15) is 0 Å². The molecule has 0 bridgehead atoms. The Kier molecular flexibility index (Phi) is 9.60. The number of likely N-dealkylation sites (tertiary alicyclic amines) is 1. The van der Waals surface area contributed by atoms with Crippen LogP contribution in [0.5, 0.6) is 11.5 Å². The maximum Gasteiger partial charge on any atom is 0.224 e. The Morgan fingerprint density at radius 1 is 1.14 bits per heavy atom. The van der Waals surface area contributed by atoms with Crippen LogP contribution >= 0.6 is 0 Å². The van der Waals surface area contributed by atoms with Gasteiger partial charge in [0.15, 0.2) is 17.5 Å². The van der Waals surface area contributed by atoms with Gasteiger partial charge in [0.05, 0.1) is 25.8 Å². The second-order valence-electron chi connectivity index (χ2n) is 7.04. The molecular weight excluding hydrogens is 368 g/mol. The number of hydrogen-bond acceptors (Lipinski definition) is 4. The van der Waals surface area contributed by atoms with Gasteiger partial charge in [-0.2, -0.15) is 0 Å². The summed E-state index contributed by atoms with van der Waals surface area (Å²) in [4.78, 5) is 18.7. The topological polar surface area (TPSA) is 75.2 Å². The van der Waals surface area contributed by atoms with Gasteiger partial charge in [-0.05, 0) is 58.2 Å². The van der Waals surface area contributed by atoms with Crippen LogP contribution in [0, 0.1) is 0 Å². The lowest BCUT2D eigenvalue weighted by Gasteiger charge is -2.20. The van der Waals surface area contributed by atoms with Crippen molar-refractivity contribution in [1.29, 1.82) is 0 Å². The molecule has 1 unspecified atom stereocenters. The van der Waals surface area contributed by atoms with Gasteiger partial charge >= 0.3 is 0 Å². The first-order valence-electron chi connectivity index (χ1n) is 10.8. The Bertz CT molecular complexity index is 672. The Hall–Kier alpha value is -2.44. The van der Waals surface area contributed by atoms with Crippen LogP contribution in [0.3, 0.4) is 0 Å². The molecule has 29 heavy (non-hydrogen) atoms. The van der Waals surface area contributed by atoms with Gasteiger partial charge in [0.2, 0.25) is 5.91 Å². The van der Waals surface area contributed by atoms with Gasteiger partial charge in [-0.3, -0.25) is 9.79 Å². The average molecular weight is 405 g/mol. The monoisotopic (exact) mass is 404 g/mol. The van der Waals surface area contributed by atoms with Gasteiger partial charge in [-0.1, -0.05) is 6.07 Å². The van der Waals surface area contributed by atoms with Crippen LogP contribution < -0.4 is 20.1 Å². The van der Waals surface area contributed by atoms with Crippen LogP contribution in [0.2, 0.25) is 0 Å². The van der Waals surface area contributed by atoms with Crippen molar-refractivity contribution in [3.05, 3.63) is 23.8 Å². The summed E-state index contributed by atoms with van der Waals surface area (Å²) >= 11 is 0. The summed E-state index contributed by atoms with van der Waals surface area (Å²) in [5.74, 6) is 2.41. The fraction of sp³-hybridized carbons (Fsp3) is 0.636. The van der Waals surface area contributed by atoms with Crippen LogP contribution in [0.1, 0.15) is 58.6 Å². The standard InChI is InChI=1S/C22H36N4O3/c1-5-23-22(24-13-12-21(27)26-14-8-9-15-26)25-17(4)18-10-11-19(28-6-2)20(16-18)29-7-3/h10-11,16-17H,5-9,12-15H2,1-4H3,(H2,23,24,25). The van der Waals surface area contributed by atoms with E-state index in [1.165, 1.54) is 0 Å². The molecule has 2 rings (SSSR count). The van der Waals surface area contributed by atoms with Crippen molar-refractivity contribution in [2.75, 3.05) is 39.4 Å².